The molecule has 0 N–H and O–H groups in total. The molecule has 1 aliphatic rings. The second kappa shape index (κ2) is 6.28. The van der Waals surface area contributed by atoms with Crippen molar-refractivity contribution in [3.8, 4) is 5.75 Å². The van der Waals surface area contributed by atoms with Crippen LogP contribution in [-0.2, 0) is 0 Å². The van der Waals surface area contributed by atoms with Crippen LogP contribution < -0.4 is 9.64 Å². The van der Waals surface area contributed by atoms with Gasteiger partial charge in [-0.3, -0.25) is 4.79 Å². The van der Waals surface area contributed by atoms with Crippen LogP contribution in [0.4, 0.5) is 5.82 Å². The number of hydrogen-bond donors (Lipinski definition) is 0. The molecule has 1 aliphatic heterocycles. The van der Waals surface area contributed by atoms with Crippen LogP contribution in [0.1, 0.15) is 22.7 Å². The van der Waals surface area contributed by atoms with E-state index in [1.807, 2.05) is 31.1 Å². The van der Waals surface area contributed by atoms with Crippen molar-refractivity contribution in [2.75, 3.05) is 32.1 Å². The standard InChI is InChI=1S/C16H20N4O3/c1-11-9-13(18-23-11)16(21)20-8-6-12(10-20)22-14-5-4-7-17-15(14)19(2)3/h4-5,7,9,12H,6,8,10H2,1-3H3. The number of ether oxygens (including phenoxy) is 1. The quantitative estimate of drug-likeness (QED) is 0.855. The van der Waals surface area contributed by atoms with Crippen LogP contribution in [0.5, 0.6) is 5.75 Å². The zero-order valence-corrected chi connectivity index (χ0v) is 13.5. The first-order chi connectivity index (χ1) is 11.0. The number of nitrogens with zero attached hydrogens (tertiary/aromatic N) is 4. The van der Waals surface area contributed by atoms with Crippen LogP contribution >= 0.6 is 0 Å². The normalized spacial score (nSPS) is 17.3. The van der Waals surface area contributed by atoms with Crippen molar-refractivity contribution in [3.63, 3.8) is 0 Å². The molecule has 3 heterocycles. The lowest BCUT2D eigenvalue weighted by Gasteiger charge is -2.20. The molecule has 1 saturated heterocycles. The van der Waals surface area contributed by atoms with E-state index in [0.29, 0.717) is 24.5 Å². The summed E-state index contributed by atoms with van der Waals surface area (Å²) >= 11 is 0. The second-order valence-corrected chi connectivity index (χ2v) is 5.82. The highest BCUT2D eigenvalue weighted by atomic mass is 16.5. The molecule has 2 aromatic heterocycles. The smallest absolute Gasteiger partial charge is 0.276 e. The number of hydrogen-bond acceptors (Lipinski definition) is 6. The summed E-state index contributed by atoms with van der Waals surface area (Å²) in [6.45, 7) is 2.95. The van der Waals surface area contributed by atoms with E-state index in [2.05, 4.69) is 10.1 Å². The zero-order valence-electron chi connectivity index (χ0n) is 13.5. The summed E-state index contributed by atoms with van der Waals surface area (Å²) in [6.07, 6.45) is 2.47. The van der Waals surface area contributed by atoms with Crippen molar-refractivity contribution >= 4 is 11.7 Å². The predicted octanol–water partition coefficient (Wildman–Crippen LogP) is 1.74. The summed E-state index contributed by atoms with van der Waals surface area (Å²) < 4.78 is 11.0. The van der Waals surface area contributed by atoms with Gasteiger partial charge in [-0.25, -0.2) is 4.98 Å². The third-order valence-electron chi connectivity index (χ3n) is 3.75. The van der Waals surface area contributed by atoms with Gasteiger partial charge in [0.05, 0.1) is 6.54 Å². The molecule has 7 nitrogen and oxygen atoms in total. The summed E-state index contributed by atoms with van der Waals surface area (Å²) in [6, 6.07) is 5.40. The van der Waals surface area contributed by atoms with E-state index in [9.17, 15) is 4.79 Å². The van der Waals surface area contributed by atoms with E-state index < -0.39 is 0 Å². The first-order valence-electron chi connectivity index (χ1n) is 7.56. The largest absolute Gasteiger partial charge is 0.485 e. The van der Waals surface area contributed by atoms with Crippen molar-refractivity contribution < 1.29 is 14.1 Å². The van der Waals surface area contributed by atoms with Crippen molar-refractivity contribution in [1.29, 1.82) is 0 Å². The Labute approximate surface area is 134 Å². The molecule has 1 unspecified atom stereocenters. The Kier molecular flexibility index (Phi) is 4.18. The molecule has 2 aromatic rings. The molecule has 23 heavy (non-hydrogen) atoms. The first kappa shape index (κ1) is 15.3. The summed E-state index contributed by atoms with van der Waals surface area (Å²) in [4.78, 5) is 20.3. The van der Waals surface area contributed by atoms with Crippen LogP contribution in [0.25, 0.3) is 0 Å². The summed E-state index contributed by atoms with van der Waals surface area (Å²) in [7, 11) is 3.85. The maximum atomic E-state index is 12.4. The third kappa shape index (κ3) is 3.28. The summed E-state index contributed by atoms with van der Waals surface area (Å²) in [5, 5.41) is 3.78. The minimum absolute atomic E-state index is 0.0464. The number of anilines is 1. The Balaban J connectivity index is 1.65. The molecule has 3 rings (SSSR count). The topological polar surface area (TPSA) is 71.7 Å². The fourth-order valence-corrected chi connectivity index (χ4v) is 2.63. The minimum Gasteiger partial charge on any atom is -0.485 e. The highest BCUT2D eigenvalue weighted by Gasteiger charge is 2.30. The van der Waals surface area contributed by atoms with E-state index in [1.54, 1.807) is 24.1 Å². The highest BCUT2D eigenvalue weighted by molar-refractivity contribution is 5.92. The van der Waals surface area contributed by atoms with Crippen LogP contribution in [0, 0.1) is 6.92 Å². The summed E-state index contributed by atoms with van der Waals surface area (Å²) in [5.41, 5.74) is 0.346. The van der Waals surface area contributed by atoms with Gasteiger partial charge in [0, 0.05) is 39.3 Å². The fraction of sp³-hybridized carbons (Fsp3) is 0.438. The second-order valence-electron chi connectivity index (χ2n) is 5.82. The lowest BCUT2D eigenvalue weighted by molar-refractivity contribution is 0.0762. The highest BCUT2D eigenvalue weighted by Crippen LogP contribution is 2.27. The van der Waals surface area contributed by atoms with Gasteiger partial charge >= 0.3 is 0 Å². The SMILES string of the molecule is Cc1cc(C(=O)N2CCC(Oc3cccnc3N(C)C)C2)no1. The maximum absolute atomic E-state index is 12.4. The van der Waals surface area contributed by atoms with Crippen molar-refractivity contribution in [2.24, 2.45) is 0 Å². The van der Waals surface area contributed by atoms with Gasteiger partial charge < -0.3 is 19.1 Å². The van der Waals surface area contributed by atoms with Gasteiger partial charge in [0.2, 0.25) is 0 Å². The lowest BCUT2D eigenvalue weighted by atomic mass is 10.3. The Hall–Kier alpha value is -2.57. The Morgan fingerprint density at radius 2 is 2.30 bits per heavy atom. The van der Waals surface area contributed by atoms with E-state index in [4.69, 9.17) is 9.26 Å². The molecule has 1 amide bonds. The molecular formula is C16H20N4O3. The van der Waals surface area contributed by atoms with Crippen molar-refractivity contribution in [2.45, 2.75) is 19.4 Å². The van der Waals surface area contributed by atoms with Crippen LogP contribution in [-0.4, -0.2) is 54.2 Å². The Morgan fingerprint density at radius 3 is 3.00 bits per heavy atom. The number of aromatic nitrogens is 2. The molecule has 1 atom stereocenters. The van der Waals surface area contributed by atoms with Crippen LogP contribution in [0.2, 0.25) is 0 Å². The van der Waals surface area contributed by atoms with Gasteiger partial charge in [0.15, 0.2) is 17.3 Å². The average Bonchev–Trinajstić information content (AvgIpc) is 3.16. The number of carbonyl (C=O) groups excluding carboxylic acids is 1. The van der Waals surface area contributed by atoms with Gasteiger partial charge in [-0.1, -0.05) is 5.16 Å². The van der Waals surface area contributed by atoms with Crippen molar-refractivity contribution in [3.05, 3.63) is 35.9 Å². The molecule has 1 fully saturated rings. The molecule has 7 heteroatoms. The van der Waals surface area contributed by atoms with E-state index in [-0.39, 0.29) is 12.0 Å². The molecule has 0 radical (unpaired) electrons. The first-order valence-corrected chi connectivity index (χ1v) is 7.56. The fourth-order valence-electron chi connectivity index (χ4n) is 2.63. The molecule has 0 saturated carbocycles. The van der Waals surface area contributed by atoms with E-state index in [0.717, 1.165) is 18.0 Å². The number of pyridine rings is 1. The van der Waals surface area contributed by atoms with E-state index >= 15 is 0 Å². The Bertz CT molecular complexity index is 698. The number of rotatable bonds is 4. The molecular weight excluding hydrogens is 296 g/mol. The molecule has 0 aliphatic carbocycles. The van der Waals surface area contributed by atoms with Crippen LogP contribution in [0.3, 0.4) is 0 Å². The van der Waals surface area contributed by atoms with Gasteiger partial charge in [-0.05, 0) is 19.1 Å². The van der Waals surface area contributed by atoms with Crippen LogP contribution in [0.15, 0.2) is 28.9 Å². The predicted molar refractivity (Wildman–Crippen MR) is 84.7 cm³/mol. The number of amides is 1. The number of aryl methyl sites for hydroxylation is 1. The molecule has 0 spiro atoms. The van der Waals surface area contributed by atoms with E-state index in [1.165, 1.54) is 0 Å². The number of carbonyl (C=O) groups is 1. The average molecular weight is 316 g/mol. The molecule has 0 bridgehead atoms. The monoisotopic (exact) mass is 316 g/mol. The zero-order chi connectivity index (χ0) is 16.4. The molecule has 122 valence electrons. The summed E-state index contributed by atoms with van der Waals surface area (Å²) in [5.74, 6) is 2.02. The third-order valence-corrected chi connectivity index (χ3v) is 3.75. The Morgan fingerprint density at radius 1 is 1.48 bits per heavy atom. The van der Waals surface area contributed by atoms with Gasteiger partial charge in [-0.15, -0.1) is 0 Å². The minimum atomic E-state index is -0.119. The lowest BCUT2D eigenvalue weighted by Crippen LogP contribution is -2.31. The van der Waals surface area contributed by atoms with Gasteiger partial charge in [0.1, 0.15) is 11.9 Å². The number of likely N-dealkylation sites (tertiary alicyclic amines) is 1. The van der Waals surface area contributed by atoms with Gasteiger partial charge in [-0.2, -0.15) is 0 Å². The maximum Gasteiger partial charge on any atom is 0.276 e. The van der Waals surface area contributed by atoms with Gasteiger partial charge in [0.25, 0.3) is 5.91 Å². The van der Waals surface area contributed by atoms with Crippen molar-refractivity contribution in [1.82, 2.24) is 15.0 Å². The molecule has 0 aromatic carbocycles.